The van der Waals surface area contributed by atoms with Gasteiger partial charge in [0.2, 0.25) is 0 Å². The molecule has 0 radical (unpaired) electrons. The number of aromatic hydroxyl groups is 1. The average Bonchev–Trinajstić information content (AvgIpc) is 2.73. The maximum Gasteiger partial charge on any atom is 0.146 e. The van der Waals surface area contributed by atoms with Crippen molar-refractivity contribution in [2.24, 2.45) is 5.41 Å². The molecule has 1 aliphatic carbocycles. The highest BCUT2D eigenvalue weighted by Crippen LogP contribution is 2.35. The van der Waals surface area contributed by atoms with Gasteiger partial charge in [0.25, 0.3) is 0 Å². The smallest absolute Gasteiger partial charge is 0.146 e. The van der Waals surface area contributed by atoms with Gasteiger partial charge in [-0.1, -0.05) is 12.1 Å². The van der Waals surface area contributed by atoms with Crippen LogP contribution >= 0.6 is 0 Å². The quantitative estimate of drug-likeness (QED) is 0.786. The number of ketones is 3. The molecule has 0 spiro atoms. The molecule has 0 aromatic heterocycles. The van der Waals surface area contributed by atoms with E-state index in [4.69, 9.17) is 0 Å². The number of phenols is 1. The molecule has 0 aliphatic heterocycles. The number of aryl methyl sites for hydroxylation is 1. The van der Waals surface area contributed by atoms with E-state index in [-0.39, 0.29) is 29.5 Å². The van der Waals surface area contributed by atoms with Gasteiger partial charge in [0.1, 0.15) is 23.1 Å². The second kappa shape index (κ2) is 6.86. The zero-order chi connectivity index (χ0) is 16.2. The van der Waals surface area contributed by atoms with Gasteiger partial charge in [-0.25, -0.2) is 0 Å². The van der Waals surface area contributed by atoms with Crippen LogP contribution in [0.2, 0.25) is 0 Å². The van der Waals surface area contributed by atoms with Crippen LogP contribution in [0.5, 0.6) is 5.75 Å². The van der Waals surface area contributed by atoms with Crippen LogP contribution in [-0.4, -0.2) is 22.5 Å². The summed E-state index contributed by atoms with van der Waals surface area (Å²) in [6, 6.07) is 7.01. The highest BCUT2D eigenvalue weighted by atomic mass is 16.3. The summed E-state index contributed by atoms with van der Waals surface area (Å²) in [5.74, 6) is 0.277. The van der Waals surface area contributed by atoms with E-state index in [2.05, 4.69) is 0 Å². The van der Waals surface area contributed by atoms with Crippen LogP contribution in [0.3, 0.4) is 0 Å². The van der Waals surface area contributed by atoms with Gasteiger partial charge >= 0.3 is 0 Å². The maximum absolute atomic E-state index is 11.9. The van der Waals surface area contributed by atoms with E-state index in [1.807, 2.05) is 6.07 Å². The molecule has 22 heavy (non-hydrogen) atoms. The summed E-state index contributed by atoms with van der Waals surface area (Å²) in [5, 5.41) is 9.37. The van der Waals surface area contributed by atoms with Gasteiger partial charge in [-0.05, 0) is 43.9 Å². The molecular weight excluding hydrogens is 280 g/mol. The van der Waals surface area contributed by atoms with E-state index in [9.17, 15) is 19.5 Å². The molecule has 1 saturated carbocycles. The van der Waals surface area contributed by atoms with Gasteiger partial charge in [-0.3, -0.25) is 14.4 Å². The summed E-state index contributed by atoms with van der Waals surface area (Å²) < 4.78 is 0. The first kappa shape index (κ1) is 16.4. The number of Topliss-reactive ketones (excluding diaryl/α,β-unsaturated/α-hetero) is 3. The van der Waals surface area contributed by atoms with Crippen molar-refractivity contribution in [1.29, 1.82) is 0 Å². The fourth-order valence-corrected chi connectivity index (χ4v) is 2.93. The topological polar surface area (TPSA) is 71.4 Å². The Morgan fingerprint density at radius 2 is 1.86 bits per heavy atom. The highest BCUT2D eigenvalue weighted by molar-refractivity contribution is 6.12. The Morgan fingerprint density at radius 3 is 2.50 bits per heavy atom. The van der Waals surface area contributed by atoms with E-state index >= 15 is 0 Å². The van der Waals surface area contributed by atoms with Crippen LogP contribution in [0.25, 0.3) is 0 Å². The minimum Gasteiger partial charge on any atom is -0.508 e. The molecule has 2 rings (SSSR count). The van der Waals surface area contributed by atoms with Crippen LogP contribution in [-0.2, 0) is 20.8 Å². The Hall–Kier alpha value is -1.97. The Bertz CT molecular complexity index is 573. The van der Waals surface area contributed by atoms with Crippen molar-refractivity contribution in [2.75, 3.05) is 0 Å². The lowest BCUT2D eigenvalue weighted by Crippen LogP contribution is -2.29. The number of hydrogen-bond acceptors (Lipinski definition) is 4. The van der Waals surface area contributed by atoms with Crippen molar-refractivity contribution in [1.82, 2.24) is 0 Å². The van der Waals surface area contributed by atoms with E-state index in [1.165, 1.54) is 0 Å². The Kier molecular flexibility index (Phi) is 5.11. The number of benzene rings is 1. The minimum atomic E-state index is -0.930. The van der Waals surface area contributed by atoms with E-state index < -0.39 is 5.41 Å². The lowest BCUT2D eigenvalue weighted by Gasteiger charge is -2.19. The van der Waals surface area contributed by atoms with Gasteiger partial charge in [-0.15, -0.1) is 0 Å². The minimum absolute atomic E-state index is 0.0231. The van der Waals surface area contributed by atoms with Gasteiger partial charge in [-0.2, -0.15) is 0 Å². The molecular formula is C18H22O4. The maximum atomic E-state index is 11.9. The summed E-state index contributed by atoms with van der Waals surface area (Å²) >= 11 is 0. The molecule has 0 unspecified atom stereocenters. The third-order valence-corrected chi connectivity index (χ3v) is 4.55. The third-order valence-electron chi connectivity index (χ3n) is 4.55. The average molecular weight is 302 g/mol. The van der Waals surface area contributed by atoms with Crippen LogP contribution < -0.4 is 0 Å². The predicted octanol–water partition coefficient (Wildman–Crippen LogP) is 3.00. The van der Waals surface area contributed by atoms with Gasteiger partial charge in [0, 0.05) is 25.7 Å². The molecule has 0 heterocycles. The zero-order valence-corrected chi connectivity index (χ0v) is 12.9. The van der Waals surface area contributed by atoms with E-state index in [0.29, 0.717) is 32.1 Å². The molecule has 1 fully saturated rings. The lowest BCUT2D eigenvalue weighted by molar-refractivity contribution is -0.134. The lowest BCUT2D eigenvalue weighted by atomic mass is 9.81. The highest BCUT2D eigenvalue weighted by Gasteiger charge is 2.44. The number of carbonyl (C=O) groups excluding carboxylic acids is 3. The van der Waals surface area contributed by atoms with Crippen molar-refractivity contribution in [3.05, 3.63) is 29.8 Å². The van der Waals surface area contributed by atoms with Crippen LogP contribution in [0, 0.1) is 5.41 Å². The van der Waals surface area contributed by atoms with Crippen molar-refractivity contribution in [2.45, 2.75) is 51.9 Å². The molecule has 1 aliphatic rings. The molecule has 0 saturated heterocycles. The van der Waals surface area contributed by atoms with Crippen molar-refractivity contribution < 1.29 is 19.5 Å². The molecule has 118 valence electrons. The summed E-state index contributed by atoms with van der Waals surface area (Å²) in [5.41, 5.74) is 0.0712. The van der Waals surface area contributed by atoms with Gasteiger partial charge in [0.15, 0.2) is 0 Å². The number of carbonyl (C=O) groups is 3. The second-order valence-electron chi connectivity index (χ2n) is 6.24. The SMILES string of the molecule is CC1(CCC(=O)CCCc2cccc(O)c2)C(=O)CCC1=O. The predicted molar refractivity (Wildman–Crippen MR) is 82.6 cm³/mol. The van der Waals surface area contributed by atoms with Gasteiger partial charge < -0.3 is 5.11 Å². The fourth-order valence-electron chi connectivity index (χ4n) is 2.93. The first-order valence-corrected chi connectivity index (χ1v) is 7.78. The van der Waals surface area contributed by atoms with Crippen molar-refractivity contribution >= 4 is 17.3 Å². The third kappa shape index (κ3) is 3.81. The summed E-state index contributed by atoms with van der Waals surface area (Å²) in [6.45, 7) is 1.67. The number of phenolic OH excluding ortho intramolecular Hbond substituents is 1. The molecule has 0 bridgehead atoms. The Balaban J connectivity index is 1.74. The Labute approximate surface area is 130 Å². The number of hydrogen-bond donors (Lipinski definition) is 1. The summed E-state index contributed by atoms with van der Waals surface area (Å²) in [4.78, 5) is 35.5. The number of rotatable bonds is 7. The van der Waals surface area contributed by atoms with Crippen molar-refractivity contribution in [3.8, 4) is 5.75 Å². The largest absolute Gasteiger partial charge is 0.508 e. The standard InChI is InChI=1S/C18H22O4/c1-18(16(21)8-9-17(18)22)11-10-14(19)6-2-4-13-5-3-7-15(20)12-13/h3,5,7,12,20H,2,4,6,8-11H2,1H3. The van der Waals surface area contributed by atoms with E-state index in [0.717, 1.165) is 12.0 Å². The first-order valence-electron chi connectivity index (χ1n) is 7.78. The normalized spacial score (nSPS) is 17.0. The molecule has 4 heteroatoms. The summed E-state index contributed by atoms with van der Waals surface area (Å²) in [7, 11) is 0. The molecule has 0 amide bonds. The molecule has 0 atom stereocenters. The second-order valence-corrected chi connectivity index (χ2v) is 6.24. The van der Waals surface area contributed by atoms with E-state index in [1.54, 1.807) is 25.1 Å². The monoisotopic (exact) mass is 302 g/mol. The first-order chi connectivity index (χ1) is 10.4. The summed E-state index contributed by atoms with van der Waals surface area (Å²) in [6.07, 6.45) is 3.15. The molecule has 1 aromatic carbocycles. The fraction of sp³-hybridized carbons (Fsp3) is 0.500. The molecule has 4 nitrogen and oxygen atoms in total. The zero-order valence-electron chi connectivity index (χ0n) is 12.9. The van der Waals surface area contributed by atoms with Crippen LogP contribution in [0.15, 0.2) is 24.3 Å². The van der Waals surface area contributed by atoms with Crippen molar-refractivity contribution in [3.63, 3.8) is 0 Å². The van der Waals surface area contributed by atoms with Crippen LogP contribution in [0.1, 0.15) is 51.0 Å². The Morgan fingerprint density at radius 1 is 1.18 bits per heavy atom. The van der Waals surface area contributed by atoms with Crippen LogP contribution in [0.4, 0.5) is 0 Å². The van der Waals surface area contributed by atoms with Gasteiger partial charge in [0.05, 0.1) is 5.41 Å². The molecule has 1 aromatic rings. The molecule has 1 N–H and O–H groups in total.